The number of nitro groups is 1. The Hall–Kier alpha value is -4.11. The minimum atomic E-state index is -0.573. The lowest BCUT2D eigenvalue weighted by atomic mass is 10.1. The zero-order valence-corrected chi connectivity index (χ0v) is 19.9. The smallest absolute Gasteiger partial charge is 0.271 e. The number of nitrogens with zero attached hydrogens (tertiary/aromatic N) is 3. The van der Waals surface area contributed by atoms with E-state index in [1.54, 1.807) is 12.1 Å². The summed E-state index contributed by atoms with van der Waals surface area (Å²) in [5.41, 5.74) is 5.24. The Kier molecular flexibility index (Phi) is 5.89. The van der Waals surface area contributed by atoms with Gasteiger partial charge in [-0.3, -0.25) is 29.9 Å². The van der Waals surface area contributed by atoms with Crippen molar-refractivity contribution in [3.8, 4) is 5.69 Å². The maximum absolute atomic E-state index is 13.4. The molecule has 2 aromatic carbocycles. The summed E-state index contributed by atoms with van der Waals surface area (Å²) in [5.74, 6) is -1.09. The maximum Gasteiger partial charge on any atom is 0.271 e. The fourth-order valence-corrected chi connectivity index (χ4v) is 4.48. The van der Waals surface area contributed by atoms with E-state index in [2.05, 4.69) is 5.32 Å². The van der Waals surface area contributed by atoms with Gasteiger partial charge in [-0.25, -0.2) is 0 Å². The number of hydrogen-bond donors (Lipinski definition) is 1. The average molecular weight is 475 g/mol. The lowest BCUT2D eigenvalue weighted by Crippen LogP contribution is -2.54. The molecule has 1 aromatic heterocycles. The third-order valence-electron chi connectivity index (χ3n) is 5.64. The fraction of sp³-hybridized carbons (Fsp3) is 0.160. The maximum atomic E-state index is 13.4. The van der Waals surface area contributed by atoms with E-state index in [-0.39, 0.29) is 16.4 Å². The molecular weight excluding hydrogens is 452 g/mol. The van der Waals surface area contributed by atoms with Crippen molar-refractivity contribution in [1.82, 2.24) is 9.88 Å². The predicted octanol–water partition coefficient (Wildman–Crippen LogP) is 4.45. The summed E-state index contributed by atoms with van der Waals surface area (Å²) in [4.78, 5) is 38.2. The summed E-state index contributed by atoms with van der Waals surface area (Å²) in [5, 5.41) is 13.8. The molecule has 172 valence electrons. The van der Waals surface area contributed by atoms with Crippen molar-refractivity contribution in [3.63, 3.8) is 0 Å². The molecule has 4 rings (SSSR count). The van der Waals surface area contributed by atoms with E-state index in [0.717, 1.165) is 22.5 Å². The van der Waals surface area contributed by atoms with Crippen molar-refractivity contribution in [1.29, 1.82) is 0 Å². The van der Waals surface area contributed by atoms with E-state index < -0.39 is 16.7 Å². The summed E-state index contributed by atoms with van der Waals surface area (Å²) >= 11 is 5.30. The largest absolute Gasteiger partial charge is 0.318 e. The molecule has 0 atom stereocenters. The van der Waals surface area contributed by atoms with E-state index in [9.17, 15) is 19.7 Å². The molecule has 0 spiro atoms. The number of carbonyl (C=O) groups excluding carboxylic acids is 2. The van der Waals surface area contributed by atoms with Crippen LogP contribution in [0.25, 0.3) is 11.8 Å². The highest BCUT2D eigenvalue weighted by Crippen LogP contribution is 2.28. The van der Waals surface area contributed by atoms with Crippen LogP contribution in [0.3, 0.4) is 0 Å². The number of hydrogen-bond acceptors (Lipinski definition) is 5. The van der Waals surface area contributed by atoms with Crippen molar-refractivity contribution in [2.24, 2.45) is 0 Å². The number of non-ortho nitro benzene ring substituents is 1. The molecular formula is C25H22N4O4S. The van der Waals surface area contributed by atoms with Crippen LogP contribution in [0.5, 0.6) is 0 Å². The van der Waals surface area contributed by atoms with Crippen LogP contribution in [-0.2, 0) is 9.59 Å². The lowest BCUT2D eigenvalue weighted by molar-refractivity contribution is -0.384. The molecule has 1 aliphatic rings. The average Bonchev–Trinajstić information content (AvgIpc) is 3.03. The summed E-state index contributed by atoms with van der Waals surface area (Å²) < 4.78 is 1.84. The first-order chi connectivity index (χ1) is 16.1. The van der Waals surface area contributed by atoms with Gasteiger partial charge in [0.15, 0.2) is 5.11 Å². The molecule has 2 heterocycles. The zero-order valence-electron chi connectivity index (χ0n) is 19.1. The van der Waals surface area contributed by atoms with E-state index >= 15 is 0 Å². The molecule has 1 aliphatic heterocycles. The van der Waals surface area contributed by atoms with E-state index in [1.807, 2.05) is 56.5 Å². The van der Waals surface area contributed by atoms with Gasteiger partial charge in [0.1, 0.15) is 5.57 Å². The number of rotatable bonds is 4. The normalized spacial score (nSPS) is 15.1. The standard InChI is InChI=1S/C25H22N4O4S/c1-14-8-15(2)10-21(9-14)28-24(31)22(23(30)26-25(28)34)12-18-11-16(3)27(17(18)4)19-6-5-7-20(13-19)29(32)33/h5-13H,1-4H3,(H,26,30,34)/b22-12+. The van der Waals surface area contributed by atoms with Gasteiger partial charge in [-0.05, 0) is 86.9 Å². The van der Waals surface area contributed by atoms with Gasteiger partial charge in [0.2, 0.25) is 0 Å². The molecule has 0 radical (unpaired) electrons. The molecule has 8 nitrogen and oxygen atoms in total. The van der Waals surface area contributed by atoms with Crippen LogP contribution in [-0.4, -0.2) is 26.4 Å². The number of nitrogens with one attached hydrogen (secondary N) is 1. The van der Waals surface area contributed by atoms with Gasteiger partial charge in [0.25, 0.3) is 17.5 Å². The number of thiocarbonyl (C=S) groups is 1. The Bertz CT molecular complexity index is 1400. The second-order valence-electron chi connectivity index (χ2n) is 8.24. The zero-order chi connectivity index (χ0) is 24.7. The van der Waals surface area contributed by atoms with Crippen molar-refractivity contribution in [3.05, 3.63) is 92.3 Å². The number of amides is 2. The highest BCUT2D eigenvalue weighted by molar-refractivity contribution is 7.80. The van der Waals surface area contributed by atoms with Gasteiger partial charge in [-0.1, -0.05) is 12.1 Å². The van der Waals surface area contributed by atoms with Gasteiger partial charge in [-0.15, -0.1) is 0 Å². The Morgan fingerprint density at radius 1 is 0.971 bits per heavy atom. The van der Waals surface area contributed by atoms with Gasteiger partial charge in [0.05, 0.1) is 16.3 Å². The molecule has 1 saturated heterocycles. The molecule has 0 bridgehead atoms. The van der Waals surface area contributed by atoms with Crippen molar-refractivity contribution < 1.29 is 14.5 Å². The lowest BCUT2D eigenvalue weighted by Gasteiger charge is -2.29. The number of carbonyl (C=O) groups is 2. The molecule has 2 amide bonds. The number of nitro benzene ring substituents is 1. The predicted molar refractivity (Wildman–Crippen MR) is 134 cm³/mol. The van der Waals surface area contributed by atoms with Crippen molar-refractivity contribution in [2.45, 2.75) is 27.7 Å². The third kappa shape index (κ3) is 4.13. The number of benzene rings is 2. The van der Waals surface area contributed by atoms with Crippen LogP contribution in [0.2, 0.25) is 0 Å². The van der Waals surface area contributed by atoms with Crippen LogP contribution in [0.4, 0.5) is 11.4 Å². The van der Waals surface area contributed by atoms with E-state index in [0.29, 0.717) is 16.9 Å². The number of aromatic nitrogens is 1. The quantitative estimate of drug-likeness (QED) is 0.198. The van der Waals surface area contributed by atoms with Crippen LogP contribution in [0.15, 0.2) is 54.1 Å². The van der Waals surface area contributed by atoms with Gasteiger partial charge >= 0.3 is 0 Å². The highest BCUT2D eigenvalue weighted by Gasteiger charge is 2.35. The van der Waals surface area contributed by atoms with Crippen LogP contribution >= 0.6 is 12.2 Å². The van der Waals surface area contributed by atoms with Gasteiger partial charge < -0.3 is 4.57 Å². The summed E-state index contributed by atoms with van der Waals surface area (Å²) in [6.45, 7) is 7.53. The monoisotopic (exact) mass is 474 g/mol. The third-order valence-corrected chi connectivity index (χ3v) is 5.92. The van der Waals surface area contributed by atoms with Crippen molar-refractivity contribution in [2.75, 3.05) is 4.90 Å². The second-order valence-corrected chi connectivity index (χ2v) is 8.63. The fourth-order valence-electron chi connectivity index (χ4n) is 4.20. The molecule has 1 N–H and O–H groups in total. The number of anilines is 1. The van der Waals surface area contributed by atoms with Crippen LogP contribution < -0.4 is 10.2 Å². The van der Waals surface area contributed by atoms with E-state index in [4.69, 9.17) is 12.2 Å². The SMILES string of the molecule is Cc1cc(C)cc(N2C(=O)/C(=C/c3cc(C)n(-c4cccc([N+](=O)[O-])c4)c3C)C(=O)NC2=S)c1. The first-order valence-corrected chi connectivity index (χ1v) is 10.9. The summed E-state index contributed by atoms with van der Waals surface area (Å²) in [6, 6.07) is 13.8. The van der Waals surface area contributed by atoms with Crippen molar-refractivity contribution >= 4 is 46.6 Å². The Morgan fingerprint density at radius 3 is 2.29 bits per heavy atom. The molecule has 3 aromatic rings. The van der Waals surface area contributed by atoms with Crippen LogP contribution in [0.1, 0.15) is 28.1 Å². The van der Waals surface area contributed by atoms with Crippen LogP contribution in [0, 0.1) is 37.8 Å². The summed E-state index contributed by atoms with van der Waals surface area (Å²) in [6.07, 6.45) is 1.53. The van der Waals surface area contributed by atoms with E-state index in [1.165, 1.54) is 23.1 Å². The van der Waals surface area contributed by atoms with Gasteiger partial charge in [0, 0.05) is 23.5 Å². The molecule has 0 aliphatic carbocycles. The molecule has 9 heteroatoms. The topological polar surface area (TPSA) is 97.5 Å². The Labute approximate surface area is 201 Å². The molecule has 0 saturated carbocycles. The second kappa shape index (κ2) is 8.68. The first kappa shape index (κ1) is 23.1. The minimum Gasteiger partial charge on any atom is -0.318 e. The number of aryl methyl sites for hydroxylation is 3. The highest BCUT2D eigenvalue weighted by atomic mass is 32.1. The molecule has 0 unspecified atom stereocenters. The Morgan fingerprint density at radius 2 is 1.65 bits per heavy atom. The molecule has 34 heavy (non-hydrogen) atoms. The first-order valence-electron chi connectivity index (χ1n) is 10.5. The minimum absolute atomic E-state index is 0.0238. The summed E-state index contributed by atoms with van der Waals surface area (Å²) in [7, 11) is 0. The van der Waals surface area contributed by atoms with Gasteiger partial charge in [-0.2, -0.15) is 0 Å². The Balaban J connectivity index is 1.78. The molecule has 1 fully saturated rings.